The van der Waals surface area contributed by atoms with Gasteiger partial charge in [0.2, 0.25) is 23.6 Å². The summed E-state index contributed by atoms with van der Waals surface area (Å²) in [6.07, 6.45) is 2.11. The first-order valence-electron chi connectivity index (χ1n) is 12.3. The van der Waals surface area contributed by atoms with E-state index in [0.717, 1.165) is 16.7 Å². The second kappa shape index (κ2) is 11.6. The molecule has 0 saturated carbocycles. The van der Waals surface area contributed by atoms with Crippen LogP contribution in [-0.2, 0) is 38.7 Å². The first kappa shape index (κ1) is 26.3. The Morgan fingerprint density at radius 3 is 2.68 bits per heavy atom. The van der Waals surface area contributed by atoms with Crippen molar-refractivity contribution in [1.29, 1.82) is 0 Å². The van der Waals surface area contributed by atoms with E-state index in [0.29, 0.717) is 49.4 Å². The number of carbonyl (C=O) groups excluding carboxylic acids is 5. The van der Waals surface area contributed by atoms with E-state index in [-0.39, 0.29) is 30.0 Å². The van der Waals surface area contributed by atoms with Crippen LogP contribution in [0, 0.1) is 0 Å². The number of rotatable bonds is 9. The molecular formula is C27H29ClN4O5. The molecule has 2 heterocycles. The maximum absolute atomic E-state index is 13.0. The topological polar surface area (TPSA) is 125 Å². The van der Waals surface area contributed by atoms with Gasteiger partial charge in [0, 0.05) is 37.0 Å². The molecule has 2 aliphatic heterocycles. The van der Waals surface area contributed by atoms with E-state index < -0.39 is 18.0 Å². The number of benzene rings is 2. The van der Waals surface area contributed by atoms with E-state index in [4.69, 9.17) is 11.6 Å². The second-order valence-electron chi connectivity index (χ2n) is 9.34. The number of nitrogens with zero attached hydrogens (tertiary/aromatic N) is 1. The number of piperidine rings is 1. The molecule has 1 unspecified atom stereocenters. The molecule has 3 N–H and O–H groups in total. The van der Waals surface area contributed by atoms with Crippen molar-refractivity contribution in [3.63, 3.8) is 0 Å². The molecule has 0 aromatic heterocycles. The van der Waals surface area contributed by atoms with Gasteiger partial charge in [0.15, 0.2) is 0 Å². The van der Waals surface area contributed by atoms with Crippen LogP contribution in [0.15, 0.2) is 42.5 Å². The summed E-state index contributed by atoms with van der Waals surface area (Å²) in [6.45, 7) is 1.96. The maximum atomic E-state index is 13.0. The molecule has 37 heavy (non-hydrogen) atoms. The van der Waals surface area contributed by atoms with Crippen LogP contribution in [0.5, 0.6) is 0 Å². The fourth-order valence-corrected chi connectivity index (χ4v) is 5.07. The average molecular weight is 525 g/mol. The van der Waals surface area contributed by atoms with Gasteiger partial charge in [-0.05, 0) is 60.6 Å². The molecule has 4 rings (SSSR count). The summed E-state index contributed by atoms with van der Waals surface area (Å²) >= 11 is 6.01. The number of hydrogen-bond acceptors (Lipinski definition) is 5. The third-order valence-corrected chi connectivity index (χ3v) is 6.90. The van der Waals surface area contributed by atoms with Crippen molar-refractivity contribution in [2.75, 3.05) is 0 Å². The van der Waals surface area contributed by atoms with Crippen molar-refractivity contribution in [2.45, 2.75) is 64.2 Å². The Balaban J connectivity index is 1.38. The first-order valence-corrected chi connectivity index (χ1v) is 12.7. The molecule has 2 atom stereocenters. The summed E-state index contributed by atoms with van der Waals surface area (Å²) in [5.74, 6) is -1.57. The van der Waals surface area contributed by atoms with Gasteiger partial charge in [-0.25, -0.2) is 0 Å². The molecule has 9 nitrogen and oxygen atoms in total. The molecule has 0 spiro atoms. The van der Waals surface area contributed by atoms with Gasteiger partial charge in [0.05, 0.1) is 0 Å². The second-order valence-corrected chi connectivity index (χ2v) is 9.77. The van der Waals surface area contributed by atoms with Gasteiger partial charge >= 0.3 is 0 Å². The summed E-state index contributed by atoms with van der Waals surface area (Å²) in [5, 5.41) is 8.46. The Labute approximate surface area is 219 Å². The lowest BCUT2D eigenvalue weighted by atomic mass is 9.97. The zero-order valence-electron chi connectivity index (χ0n) is 20.5. The zero-order chi connectivity index (χ0) is 26.5. The highest BCUT2D eigenvalue weighted by molar-refractivity contribution is 6.30. The summed E-state index contributed by atoms with van der Waals surface area (Å²) in [7, 11) is 0. The highest BCUT2D eigenvalue weighted by atomic mass is 35.5. The Kier molecular flexibility index (Phi) is 8.23. The lowest BCUT2D eigenvalue weighted by Gasteiger charge is -2.29. The lowest BCUT2D eigenvalue weighted by molar-refractivity contribution is -0.137. The number of amides is 5. The van der Waals surface area contributed by atoms with Gasteiger partial charge in [0.1, 0.15) is 12.1 Å². The minimum Gasteiger partial charge on any atom is -0.350 e. The van der Waals surface area contributed by atoms with E-state index in [1.54, 1.807) is 24.3 Å². The molecule has 5 amide bonds. The molecule has 1 fully saturated rings. The van der Waals surface area contributed by atoms with Crippen LogP contribution in [0.25, 0.3) is 0 Å². The van der Waals surface area contributed by atoms with E-state index in [1.165, 1.54) is 11.8 Å². The SMILES string of the molecule is CC(=O)N[C@@H](CCCc1cccc2c1CN(C1CCC(=O)NC1=O)C2=O)C(=O)NCc1cccc(Cl)c1. The summed E-state index contributed by atoms with van der Waals surface area (Å²) in [5.41, 5.74) is 3.23. The van der Waals surface area contributed by atoms with Gasteiger partial charge in [-0.15, -0.1) is 0 Å². The largest absolute Gasteiger partial charge is 0.350 e. The normalized spacial score (nSPS) is 17.7. The number of nitrogens with one attached hydrogen (secondary N) is 3. The number of carbonyl (C=O) groups is 5. The minimum atomic E-state index is -0.699. The molecule has 0 aliphatic carbocycles. The maximum Gasteiger partial charge on any atom is 0.255 e. The van der Waals surface area contributed by atoms with Crippen LogP contribution in [0.2, 0.25) is 5.02 Å². The zero-order valence-corrected chi connectivity index (χ0v) is 21.3. The molecule has 0 bridgehead atoms. The van der Waals surface area contributed by atoms with Crippen molar-refractivity contribution in [3.8, 4) is 0 Å². The van der Waals surface area contributed by atoms with Gasteiger partial charge < -0.3 is 15.5 Å². The third kappa shape index (κ3) is 6.35. The van der Waals surface area contributed by atoms with Crippen LogP contribution >= 0.6 is 11.6 Å². The van der Waals surface area contributed by atoms with Crippen LogP contribution in [0.3, 0.4) is 0 Å². The number of aryl methyl sites for hydroxylation is 1. The van der Waals surface area contributed by atoms with Crippen molar-refractivity contribution in [1.82, 2.24) is 20.9 Å². The summed E-state index contributed by atoms with van der Waals surface area (Å²) < 4.78 is 0. The van der Waals surface area contributed by atoms with E-state index in [1.807, 2.05) is 18.2 Å². The van der Waals surface area contributed by atoms with Crippen LogP contribution < -0.4 is 16.0 Å². The van der Waals surface area contributed by atoms with Crippen molar-refractivity contribution < 1.29 is 24.0 Å². The molecule has 0 radical (unpaired) electrons. The standard InChI is InChI=1S/C27H29ClN4O5/c1-16(33)30-22(25(35)29-14-17-5-2-8-19(28)13-17)10-4-7-18-6-3-9-20-21(18)15-32(27(20)37)23-11-12-24(34)31-26(23)36/h2-3,5-6,8-9,13,22-23H,4,7,10-12,14-15H2,1H3,(H,29,35)(H,30,33)(H,31,34,36)/t22-,23?/m0/s1. The number of halogens is 1. The predicted octanol–water partition coefficient (Wildman–Crippen LogP) is 2.24. The van der Waals surface area contributed by atoms with E-state index >= 15 is 0 Å². The molecule has 1 saturated heterocycles. The Morgan fingerprint density at radius 2 is 1.95 bits per heavy atom. The summed E-state index contributed by atoms with van der Waals surface area (Å²) in [4.78, 5) is 62.9. The third-order valence-electron chi connectivity index (χ3n) is 6.67. The molecule has 2 aromatic carbocycles. The number of imide groups is 1. The van der Waals surface area contributed by atoms with E-state index in [9.17, 15) is 24.0 Å². The Bertz CT molecular complexity index is 1250. The highest BCUT2D eigenvalue weighted by Gasteiger charge is 2.39. The smallest absolute Gasteiger partial charge is 0.255 e. The fourth-order valence-electron chi connectivity index (χ4n) is 4.85. The van der Waals surface area contributed by atoms with Crippen molar-refractivity contribution in [3.05, 3.63) is 69.7 Å². The van der Waals surface area contributed by atoms with Gasteiger partial charge in [-0.2, -0.15) is 0 Å². The molecular weight excluding hydrogens is 496 g/mol. The number of hydrogen-bond donors (Lipinski definition) is 3. The van der Waals surface area contributed by atoms with Crippen molar-refractivity contribution >= 4 is 41.1 Å². The monoisotopic (exact) mass is 524 g/mol. The first-order chi connectivity index (χ1) is 17.7. The molecule has 194 valence electrons. The van der Waals surface area contributed by atoms with Gasteiger partial charge in [-0.1, -0.05) is 35.9 Å². The minimum absolute atomic E-state index is 0.202. The fraction of sp³-hybridized carbons (Fsp3) is 0.370. The highest BCUT2D eigenvalue weighted by Crippen LogP contribution is 2.30. The van der Waals surface area contributed by atoms with E-state index in [2.05, 4.69) is 16.0 Å². The van der Waals surface area contributed by atoms with Crippen LogP contribution in [-0.4, -0.2) is 46.5 Å². The number of fused-ring (bicyclic) bond motifs is 1. The van der Waals surface area contributed by atoms with Crippen molar-refractivity contribution in [2.24, 2.45) is 0 Å². The van der Waals surface area contributed by atoms with Crippen LogP contribution in [0.4, 0.5) is 0 Å². The average Bonchev–Trinajstić information content (AvgIpc) is 3.18. The van der Waals surface area contributed by atoms with Gasteiger partial charge in [0.25, 0.3) is 5.91 Å². The lowest BCUT2D eigenvalue weighted by Crippen LogP contribution is -2.52. The van der Waals surface area contributed by atoms with Gasteiger partial charge in [-0.3, -0.25) is 29.3 Å². The summed E-state index contributed by atoms with van der Waals surface area (Å²) in [6, 6.07) is 11.3. The predicted molar refractivity (Wildman–Crippen MR) is 136 cm³/mol. The molecule has 2 aliphatic rings. The molecule has 2 aromatic rings. The quantitative estimate of drug-likeness (QED) is 0.434. The molecule has 10 heteroatoms. The Morgan fingerprint density at radius 1 is 1.16 bits per heavy atom. The Hall–Kier alpha value is -3.72. The van der Waals surface area contributed by atoms with Crippen LogP contribution in [0.1, 0.15) is 59.7 Å².